The first kappa shape index (κ1) is 18.3. The normalized spacial score (nSPS) is 12.4. The Bertz CT molecular complexity index is 485. The van der Waals surface area contributed by atoms with Gasteiger partial charge in [-0.3, -0.25) is 0 Å². The molecule has 1 aromatic carbocycles. The number of amides is 1. The second-order valence-corrected chi connectivity index (χ2v) is 6.01. The Hall–Kier alpha value is -1.75. The summed E-state index contributed by atoms with van der Waals surface area (Å²) in [6.07, 6.45) is 0.370. The summed E-state index contributed by atoms with van der Waals surface area (Å²) >= 11 is 5.41. The maximum atomic E-state index is 11.9. The maximum absolute atomic E-state index is 11.9. The molecule has 122 valence electrons. The van der Waals surface area contributed by atoms with Crippen LogP contribution >= 0.6 is 11.6 Å². The summed E-state index contributed by atoms with van der Waals surface area (Å²) in [6.45, 7) is 5.26. The van der Waals surface area contributed by atoms with Crippen LogP contribution in [0.5, 0.6) is 0 Å². The summed E-state index contributed by atoms with van der Waals surface area (Å²) in [6, 6.07) is 8.62. The molecule has 0 saturated carbocycles. The lowest BCUT2D eigenvalue weighted by molar-refractivity contribution is -0.144. The molecule has 0 bridgehead atoms. The predicted molar refractivity (Wildman–Crippen MR) is 84.7 cm³/mol. The Morgan fingerprint density at radius 1 is 1.23 bits per heavy atom. The number of carbonyl (C=O) groups excluding carboxylic acids is 2. The van der Waals surface area contributed by atoms with Gasteiger partial charge >= 0.3 is 12.1 Å². The summed E-state index contributed by atoms with van der Waals surface area (Å²) in [7, 11) is 0. The maximum Gasteiger partial charge on any atom is 0.408 e. The number of alkyl carbamates (subject to hydrolysis) is 1. The van der Waals surface area contributed by atoms with E-state index in [9.17, 15) is 9.59 Å². The molecule has 1 aromatic rings. The second-order valence-electron chi connectivity index (χ2n) is 5.80. The third-order valence-corrected chi connectivity index (χ3v) is 2.85. The molecule has 0 fully saturated rings. The molecule has 1 atom stereocenters. The molecular weight excluding hydrogens is 306 g/mol. The minimum absolute atomic E-state index is 0.253. The third kappa shape index (κ3) is 7.31. The number of alkyl halides is 1. The fraction of sp³-hybridized carbons (Fsp3) is 0.500. The molecule has 1 unspecified atom stereocenters. The van der Waals surface area contributed by atoms with Gasteiger partial charge in [0.1, 0.15) is 11.6 Å². The minimum Gasteiger partial charge on any atom is -0.448 e. The first-order chi connectivity index (χ1) is 10.3. The molecule has 0 heterocycles. The van der Waals surface area contributed by atoms with Gasteiger partial charge in [-0.1, -0.05) is 41.9 Å². The van der Waals surface area contributed by atoms with Gasteiger partial charge in [0.15, 0.2) is 6.07 Å². The molecule has 1 rings (SSSR count). The highest BCUT2D eigenvalue weighted by Crippen LogP contribution is 2.10. The van der Waals surface area contributed by atoms with Crippen molar-refractivity contribution in [3.05, 3.63) is 35.9 Å². The van der Waals surface area contributed by atoms with E-state index >= 15 is 0 Å². The summed E-state index contributed by atoms with van der Waals surface area (Å²) in [5.74, 6) is -0.572. The monoisotopic (exact) mass is 327 g/mol. The second kappa shape index (κ2) is 8.63. The van der Waals surface area contributed by atoms with Crippen molar-refractivity contribution in [2.24, 2.45) is 0 Å². The van der Waals surface area contributed by atoms with E-state index in [2.05, 4.69) is 5.32 Å². The van der Waals surface area contributed by atoms with E-state index in [-0.39, 0.29) is 6.07 Å². The highest BCUT2D eigenvalue weighted by molar-refractivity contribution is 6.17. The lowest BCUT2D eigenvalue weighted by atomic mass is 10.1. The van der Waals surface area contributed by atoms with E-state index in [4.69, 9.17) is 21.1 Å². The molecule has 0 aliphatic carbocycles. The van der Waals surface area contributed by atoms with Crippen molar-refractivity contribution in [1.82, 2.24) is 5.32 Å². The van der Waals surface area contributed by atoms with Crippen molar-refractivity contribution in [3.8, 4) is 0 Å². The molecule has 1 amide bonds. The van der Waals surface area contributed by atoms with Crippen LogP contribution in [0.15, 0.2) is 30.3 Å². The quantitative estimate of drug-likeness (QED) is 0.643. The number of halogens is 1. The van der Waals surface area contributed by atoms with E-state index in [1.165, 1.54) is 0 Å². The van der Waals surface area contributed by atoms with Crippen molar-refractivity contribution in [2.75, 3.05) is 6.07 Å². The molecule has 22 heavy (non-hydrogen) atoms. The first-order valence-electron chi connectivity index (χ1n) is 7.08. The Balaban J connectivity index is 2.63. The van der Waals surface area contributed by atoms with E-state index in [1.807, 2.05) is 30.3 Å². The van der Waals surface area contributed by atoms with Crippen molar-refractivity contribution >= 4 is 23.7 Å². The molecule has 0 aliphatic rings. The fourth-order valence-corrected chi connectivity index (χ4v) is 1.92. The number of hydrogen-bond acceptors (Lipinski definition) is 4. The molecule has 0 aliphatic heterocycles. The molecule has 0 saturated heterocycles. The molecule has 0 radical (unpaired) electrons. The van der Waals surface area contributed by atoms with Crippen molar-refractivity contribution < 1.29 is 19.1 Å². The predicted octanol–water partition coefficient (Wildman–Crippen LogP) is 3.25. The van der Waals surface area contributed by atoms with Gasteiger partial charge in [0.25, 0.3) is 0 Å². The Morgan fingerprint density at radius 2 is 1.86 bits per heavy atom. The molecule has 5 nitrogen and oxygen atoms in total. The lowest BCUT2D eigenvalue weighted by Crippen LogP contribution is -2.44. The van der Waals surface area contributed by atoms with Gasteiger partial charge in [-0.25, -0.2) is 9.59 Å². The van der Waals surface area contributed by atoms with Crippen LogP contribution in [0.1, 0.15) is 32.8 Å². The first-order valence-corrected chi connectivity index (χ1v) is 7.61. The van der Waals surface area contributed by atoms with E-state index in [0.29, 0.717) is 12.8 Å². The number of carbonyl (C=O) groups is 2. The number of hydrogen-bond donors (Lipinski definition) is 1. The highest BCUT2D eigenvalue weighted by atomic mass is 35.5. The van der Waals surface area contributed by atoms with Crippen LogP contribution in [0.3, 0.4) is 0 Å². The number of esters is 1. The highest BCUT2D eigenvalue weighted by Gasteiger charge is 2.25. The van der Waals surface area contributed by atoms with Crippen LogP contribution in [-0.4, -0.2) is 29.8 Å². The van der Waals surface area contributed by atoms with Crippen LogP contribution in [0.25, 0.3) is 0 Å². The summed E-state index contributed by atoms with van der Waals surface area (Å²) in [5, 5.41) is 2.53. The number of benzene rings is 1. The van der Waals surface area contributed by atoms with Crippen LogP contribution in [0, 0.1) is 0 Å². The molecular formula is C16H22ClNO4. The van der Waals surface area contributed by atoms with Gasteiger partial charge in [-0.2, -0.15) is 0 Å². The zero-order valence-corrected chi connectivity index (χ0v) is 13.9. The van der Waals surface area contributed by atoms with Gasteiger partial charge in [0, 0.05) is 0 Å². The summed E-state index contributed by atoms with van der Waals surface area (Å²) in [4.78, 5) is 23.7. The molecule has 1 N–H and O–H groups in total. The smallest absolute Gasteiger partial charge is 0.408 e. The lowest BCUT2D eigenvalue weighted by Gasteiger charge is -2.22. The van der Waals surface area contributed by atoms with Crippen molar-refractivity contribution in [2.45, 2.75) is 45.3 Å². The van der Waals surface area contributed by atoms with Crippen molar-refractivity contribution in [1.29, 1.82) is 0 Å². The molecule has 6 heteroatoms. The van der Waals surface area contributed by atoms with Crippen LogP contribution < -0.4 is 5.32 Å². The van der Waals surface area contributed by atoms with E-state index in [1.54, 1.807) is 20.8 Å². The number of aryl methyl sites for hydroxylation is 1. The number of nitrogens with one attached hydrogen (secondary N) is 1. The number of rotatable bonds is 6. The topological polar surface area (TPSA) is 64.6 Å². The fourth-order valence-electron chi connectivity index (χ4n) is 1.81. The van der Waals surface area contributed by atoms with Gasteiger partial charge < -0.3 is 14.8 Å². The summed E-state index contributed by atoms with van der Waals surface area (Å²) in [5.41, 5.74) is 0.432. The molecule has 0 spiro atoms. The standard InChI is InChI=1S/C16H22ClNO4/c1-16(2,3)22-15(20)18-13(14(19)21-11-17)10-9-12-7-5-4-6-8-12/h4-8,13H,9-11H2,1-3H3,(H,18,20). The third-order valence-electron chi connectivity index (χ3n) is 2.74. The van der Waals surface area contributed by atoms with E-state index in [0.717, 1.165) is 5.56 Å². The Kier molecular flexibility index (Phi) is 7.18. The molecule has 0 aromatic heterocycles. The van der Waals surface area contributed by atoms with Gasteiger partial charge in [-0.05, 0) is 39.2 Å². The summed E-state index contributed by atoms with van der Waals surface area (Å²) < 4.78 is 9.94. The SMILES string of the molecule is CC(C)(C)OC(=O)NC(CCc1ccccc1)C(=O)OCCl. The van der Waals surface area contributed by atoms with Gasteiger partial charge in [-0.15, -0.1) is 0 Å². The zero-order chi connectivity index (χ0) is 16.6. The van der Waals surface area contributed by atoms with Crippen molar-refractivity contribution in [3.63, 3.8) is 0 Å². The average Bonchev–Trinajstić information content (AvgIpc) is 2.42. The number of ether oxygens (including phenoxy) is 2. The van der Waals surface area contributed by atoms with Crippen LogP contribution in [0.4, 0.5) is 4.79 Å². The van der Waals surface area contributed by atoms with Gasteiger partial charge in [0.2, 0.25) is 0 Å². The Morgan fingerprint density at radius 3 is 2.41 bits per heavy atom. The largest absolute Gasteiger partial charge is 0.448 e. The zero-order valence-electron chi connectivity index (χ0n) is 13.1. The van der Waals surface area contributed by atoms with Crippen LogP contribution in [-0.2, 0) is 20.7 Å². The van der Waals surface area contributed by atoms with E-state index < -0.39 is 23.7 Å². The minimum atomic E-state index is -0.797. The Labute approximate surface area is 135 Å². The van der Waals surface area contributed by atoms with Crippen LogP contribution in [0.2, 0.25) is 0 Å². The van der Waals surface area contributed by atoms with Gasteiger partial charge in [0.05, 0.1) is 0 Å². The average molecular weight is 328 g/mol.